The van der Waals surface area contributed by atoms with E-state index in [1.807, 2.05) is 0 Å². The number of ether oxygens (including phenoxy) is 1. The van der Waals surface area contributed by atoms with E-state index in [1.54, 1.807) is 0 Å². The van der Waals surface area contributed by atoms with Crippen LogP contribution < -0.4 is 9.64 Å². The lowest BCUT2D eigenvalue weighted by molar-refractivity contribution is 0.433. The topological polar surface area (TPSA) is 12.5 Å². The Labute approximate surface area is 436 Å². The van der Waals surface area contributed by atoms with Gasteiger partial charge in [-0.1, -0.05) is 221 Å². The fraction of sp³-hybridized carbons (Fsp3) is 0.194. The van der Waals surface area contributed by atoms with Gasteiger partial charge in [0.2, 0.25) is 0 Å². The first-order chi connectivity index (χ1) is 36.7. The maximum Gasteiger partial charge on any atom is 0.132 e. The summed E-state index contributed by atoms with van der Waals surface area (Å²) in [6.45, 7) is 0. The molecule has 2 heteroatoms. The van der Waals surface area contributed by atoms with Gasteiger partial charge in [0.25, 0.3) is 0 Å². The molecule has 0 amide bonds. The van der Waals surface area contributed by atoms with Crippen molar-refractivity contribution in [3.8, 4) is 33.8 Å². The minimum atomic E-state index is -0.611. The molecule has 0 bridgehead atoms. The summed E-state index contributed by atoms with van der Waals surface area (Å²) in [6.07, 6.45) is 12.9. The molecular formula is C72H59NO. The van der Waals surface area contributed by atoms with Gasteiger partial charge in [-0.3, -0.25) is 0 Å². The second-order valence-electron chi connectivity index (χ2n) is 21.9. The van der Waals surface area contributed by atoms with Crippen LogP contribution in [-0.2, 0) is 10.8 Å². The van der Waals surface area contributed by atoms with Crippen molar-refractivity contribution < 1.29 is 4.74 Å². The molecule has 1 aliphatic heterocycles. The SMILES string of the molecule is c1ccc(C2(c3ccccc3)c3ccccc3-c3ccc(N(c4ccc5c(c4)C4(c6ccccc6O5)c5cc(C6CCCCC6)ccc5-c5ccc(C6CCCCC6)cc54)c4cccc5ccccc45)cc32)cc1. The van der Waals surface area contributed by atoms with Gasteiger partial charge in [-0.15, -0.1) is 0 Å². The summed E-state index contributed by atoms with van der Waals surface area (Å²) in [7, 11) is 0. The van der Waals surface area contributed by atoms with Gasteiger partial charge < -0.3 is 9.64 Å². The zero-order valence-electron chi connectivity index (χ0n) is 41.9. The average Bonchev–Trinajstić information content (AvgIpc) is 3.93. The summed E-state index contributed by atoms with van der Waals surface area (Å²) in [5.74, 6) is 3.01. The lowest BCUT2D eigenvalue weighted by Crippen LogP contribution is -2.33. The van der Waals surface area contributed by atoms with Crippen molar-refractivity contribution in [2.24, 2.45) is 0 Å². The summed E-state index contributed by atoms with van der Waals surface area (Å²) in [5, 5.41) is 2.42. The number of hydrogen-bond acceptors (Lipinski definition) is 2. The van der Waals surface area contributed by atoms with E-state index in [2.05, 4.69) is 229 Å². The molecule has 5 aliphatic rings. The van der Waals surface area contributed by atoms with Gasteiger partial charge in [0.15, 0.2) is 0 Å². The van der Waals surface area contributed by atoms with Gasteiger partial charge in [-0.2, -0.15) is 0 Å². The molecule has 0 N–H and O–H groups in total. The Kier molecular flexibility index (Phi) is 10.2. The van der Waals surface area contributed by atoms with Gasteiger partial charge in [-0.05, 0) is 152 Å². The zero-order chi connectivity index (χ0) is 48.8. The largest absolute Gasteiger partial charge is 0.457 e. The average molecular weight is 954 g/mol. The van der Waals surface area contributed by atoms with E-state index in [4.69, 9.17) is 4.74 Å². The molecule has 4 aliphatic carbocycles. The number of para-hydroxylation sites is 1. The van der Waals surface area contributed by atoms with Gasteiger partial charge >= 0.3 is 0 Å². The number of rotatable bonds is 7. The molecule has 0 unspecified atom stereocenters. The van der Waals surface area contributed by atoms with E-state index in [0.29, 0.717) is 11.8 Å². The highest BCUT2D eigenvalue weighted by Crippen LogP contribution is 2.64. The Bertz CT molecular complexity index is 3690. The zero-order valence-corrected chi connectivity index (χ0v) is 41.9. The van der Waals surface area contributed by atoms with Crippen molar-refractivity contribution in [3.63, 3.8) is 0 Å². The van der Waals surface area contributed by atoms with Crippen molar-refractivity contribution >= 4 is 27.8 Å². The van der Waals surface area contributed by atoms with E-state index >= 15 is 0 Å². The molecule has 2 fully saturated rings. The molecule has 10 aromatic carbocycles. The molecule has 74 heavy (non-hydrogen) atoms. The van der Waals surface area contributed by atoms with Crippen LogP contribution in [-0.4, -0.2) is 0 Å². The summed E-state index contributed by atoms with van der Waals surface area (Å²) >= 11 is 0. The summed E-state index contributed by atoms with van der Waals surface area (Å²) in [6, 6.07) is 85.8. The van der Waals surface area contributed by atoms with Crippen molar-refractivity contribution in [1.29, 1.82) is 0 Å². The normalized spacial score (nSPS) is 16.9. The predicted molar refractivity (Wildman–Crippen MR) is 305 cm³/mol. The fourth-order valence-electron chi connectivity index (χ4n) is 14.9. The lowest BCUT2D eigenvalue weighted by Gasteiger charge is -2.41. The molecule has 358 valence electrons. The third-order valence-electron chi connectivity index (χ3n) is 18.2. The molecule has 0 saturated heterocycles. The maximum atomic E-state index is 7.21. The van der Waals surface area contributed by atoms with Crippen LogP contribution in [0.4, 0.5) is 17.1 Å². The monoisotopic (exact) mass is 953 g/mol. The molecule has 1 heterocycles. The molecule has 2 saturated carbocycles. The fourth-order valence-corrected chi connectivity index (χ4v) is 14.9. The number of hydrogen-bond donors (Lipinski definition) is 0. The Morgan fingerprint density at radius 3 is 1.49 bits per heavy atom. The number of fused-ring (bicyclic) bond motifs is 13. The number of nitrogens with zero attached hydrogens (tertiary/aromatic N) is 1. The van der Waals surface area contributed by atoms with Gasteiger partial charge in [0.1, 0.15) is 11.5 Å². The first kappa shape index (κ1) is 43.6. The molecule has 0 atom stereocenters. The van der Waals surface area contributed by atoms with Gasteiger partial charge in [0, 0.05) is 27.9 Å². The lowest BCUT2D eigenvalue weighted by atomic mass is 9.65. The Balaban J connectivity index is 1.01. The van der Waals surface area contributed by atoms with Crippen LogP contribution in [0.1, 0.15) is 132 Å². The Morgan fingerprint density at radius 1 is 0.338 bits per heavy atom. The molecule has 1 spiro atoms. The third-order valence-corrected chi connectivity index (χ3v) is 18.2. The predicted octanol–water partition coefficient (Wildman–Crippen LogP) is 19.2. The van der Waals surface area contributed by atoms with Crippen LogP contribution in [0, 0.1) is 0 Å². The van der Waals surface area contributed by atoms with E-state index in [1.165, 1.54) is 153 Å². The standard InChI is InChI=1S/C72H59NO/c1-5-20-48(21-6-1)51-36-40-59-60-41-37-52(49-22-7-2-8-23-49)45-65(60)72(64(59)44-51)63-33-17-18-35-69(63)74-70-43-39-56(47-67(70)72)73(68-34-19-25-50-24-13-14-30-57(50)68)55-38-42-61-58-31-15-16-32-62(58)71(66(61)46-55,53-26-9-3-10-27-53)54-28-11-4-12-29-54/h3-4,9-19,24-49H,1-2,5-8,20-23H2. The van der Waals surface area contributed by atoms with Crippen LogP contribution >= 0.6 is 0 Å². The van der Waals surface area contributed by atoms with Crippen molar-refractivity contribution in [2.75, 3.05) is 4.90 Å². The smallest absolute Gasteiger partial charge is 0.132 e. The highest BCUT2D eigenvalue weighted by Gasteiger charge is 2.52. The van der Waals surface area contributed by atoms with Crippen LogP contribution in [0.5, 0.6) is 11.5 Å². The maximum absolute atomic E-state index is 7.21. The van der Waals surface area contributed by atoms with E-state index < -0.39 is 10.8 Å². The van der Waals surface area contributed by atoms with E-state index in [9.17, 15) is 0 Å². The van der Waals surface area contributed by atoms with E-state index in [-0.39, 0.29) is 0 Å². The first-order valence-electron chi connectivity index (χ1n) is 27.5. The molecule has 10 aromatic rings. The van der Waals surface area contributed by atoms with Crippen LogP contribution in [0.3, 0.4) is 0 Å². The minimum Gasteiger partial charge on any atom is -0.457 e. The summed E-state index contributed by atoms with van der Waals surface area (Å²) < 4.78 is 7.21. The second-order valence-corrected chi connectivity index (χ2v) is 21.9. The van der Waals surface area contributed by atoms with Crippen LogP contribution in [0.25, 0.3) is 33.0 Å². The molecule has 0 aromatic heterocycles. The quantitative estimate of drug-likeness (QED) is 0.158. The molecule has 2 nitrogen and oxygen atoms in total. The third kappa shape index (κ3) is 6.43. The molecule has 15 rings (SSSR count). The summed E-state index contributed by atoms with van der Waals surface area (Å²) in [4.78, 5) is 2.55. The van der Waals surface area contributed by atoms with Gasteiger partial charge in [-0.25, -0.2) is 0 Å². The Morgan fingerprint density at radius 2 is 0.824 bits per heavy atom. The number of anilines is 3. The minimum absolute atomic E-state index is 0.546. The van der Waals surface area contributed by atoms with E-state index in [0.717, 1.165) is 28.6 Å². The van der Waals surface area contributed by atoms with Crippen molar-refractivity contribution in [1.82, 2.24) is 0 Å². The van der Waals surface area contributed by atoms with Gasteiger partial charge in [0.05, 0.1) is 16.5 Å². The van der Waals surface area contributed by atoms with Crippen LogP contribution in [0.15, 0.2) is 224 Å². The molecule has 0 radical (unpaired) electrons. The number of benzene rings is 10. The highest BCUT2D eigenvalue weighted by atomic mass is 16.5. The Hall–Kier alpha value is -7.94. The molecular weight excluding hydrogens is 895 g/mol. The highest BCUT2D eigenvalue weighted by molar-refractivity contribution is 6.00. The summed E-state index contributed by atoms with van der Waals surface area (Å²) in [5.41, 5.74) is 20.8. The first-order valence-corrected chi connectivity index (χ1v) is 27.5. The second kappa shape index (κ2) is 17.3. The van der Waals surface area contributed by atoms with Crippen molar-refractivity contribution in [2.45, 2.75) is 86.9 Å². The van der Waals surface area contributed by atoms with Crippen LogP contribution in [0.2, 0.25) is 0 Å². The van der Waals surface area contributed by atoms with Crippen molar-refractivity contribution in [3.05, 3.63) is 280 Å².